The fourth-order valence-corrected chi connectivity index (χ4v) is 2.17. The molecule has 0 fully saturated rings. The average molecular weight is 308 g/mol. The van der Waals surface area contributed by atoms with E-state index in [2.05, 4.69) is 20.9 Å². The highest BCUT2D eigenvalue weighted by Crippen LogP contribution is 2.27. The Kier molecular flexibility index (Phi) is 3.99. The van der Waals surface area contributed by atoms with Crippen molar-refractivity contribution in [3.8, 4) is 11.6 Å². The minimum atomic E-state index is -0.0148. The Labute approximate surface area is 115 Å². The number of hydrogen-bond donors (Lipinski definition) is 1. The van der Waals surface area contributed by atoms with Gasteiger partial charge < -0.3 is 9.84 Å². The summed E-state index contributed by atoms with van der Waals surface area (Å²) >= 11 is 3.41. The van der Waals surface area contributed by atoms with E-state index in [1.807, 2.05) is 38.1 Å². The Hall–Kier alpha value is -1.39. The molecule has 2 aromatic rings. The van der Waals surface area contributed by atoms with E-state index in [1.54, 1.807) is 6.07 Å². The molecule has 1 aromatic carbocycles. The van der Waals surface area contributed by atoms with Gasteiger partial charge in [-0.15, -0.1) is 0 Å². The van der Waals surface area contributed by atoms with Crippen LogP contribution >= 0.6 is 15.9 Å². The molecule has 0 amide bonds. The number of hydrogen-bond acceptors (Lipinski definition) is 3. The number of aliphatic hydroxyl groups excluding tert-OH is 1. The first-order valence-corrected chi connectivity index (χ1v) is 6.40. The number of nitrogens with zero attached hydrogens (tertiary/aromatic N) is 1. The van der Waals surface area contributed by atoms with Crippen LogP contribution < -0.4 is 4.74 Å². The van der Waals surface area contributed by atoms with E-state index < -0.39 is 0 Å². The number of aliphatic hydroxyl groups is 1. The molecule has 0 atom stereocenters. The molecule has 0 saturated carbocycles. The molecule has 0 aliphatic heterocycles. The third kappa shape index (κ3) is 3.09. The summed E-state index contributed by atoms with van der Waals surface area (Å²) in [5, 5.41) is 9.15. The quantitative estimate of drug-likeness (QED) is 0.939. The predicted molar refractivity (Wildman–Crippen MR) is 73.8 cm³/mol. The smallest absolute Gasteiger partial charge is 0.219 e. The van der Waals surface area contributed by atoms with E-state index in [9.17, 15) is 0 Å². The topological polar surface area (TPSA) is 42.4 Å². The van der Waals surface area contributed by atoms with Crippen molar-refractivity contribution in [2.24, 2.45) is 0 Å². The van der Waals surface area contributed by atoms with Gasteiger partial charge in [-0.3, -0.25) is 0 Å². The number of pyridine rings is 1. The van der Waals surface area contributed by atoms with E-state index in [0.29, 0.717) is 5.88 Å². The Morgan fingerprint density at radius 1 is 1.22 bits per heavy atom. The zero-order valence-corrected chi connectivity index (χ0v) is 11.9. The van der Waals surface area contributed by atoms with E-state index in [1.165, 1.54) is 0 Å². The van der Waals surface area contributed by atoms with Crippen molar-refractivity contribution in [2.45, 2.75) is 20.5 Å². The molecule has 0 aliphatic carbocycles. The van der Waals surface area contributed by atoms with Gasteiger partial charge in [0.25, 0.3) is 0 Å². The monoisotopic (exact) mass is 307 g/mol. The standard InChI is InChI=1S/C14H14BrNO2/c1-9-5-12(15)3-4-13(9)18-14-7-11(8-17)6-10(2)16-14/h3-7,17H,8H2,1-2H3. The molecule has 0 unspecified atom stereocenters. The Bertz CT molecular complexity index is 570. The van der Waals surface area contributed by atoms with Crippen LogP contribution in [0.25, 0.3) is 0 Å². The van der Waals surface area contributed by atoms with E-state index in [-0.39, 0.29) is 6.61 Å². The third-order valence-corrected chi connectivity index (χ3v) is 3.02. The molecule has 0 spiro atoms. The number of halogens is 1. The summed E-state index contributed by atoms with van der Waals surface area (Å²) in [6, 6.07) is 9.38. The maximum absolute atomic E-state index is 9.15. The van der Waals surface area contributed by atoms with Gasteiger partial charge in [-0.2, -0.15) is 0 Å². The molecule has 0 saturated heterocycles. The van der Waals surface area contributed by atoms with Crippen LogP contribution in [0.5, 0.6) is 11.6 Å². The summed E-state index contributed by atoms with van der Waals surface area (Å²) in [6.07, 6.45) is 0. The Balaban J connectivity index is 2.30. The SMILES string of the molecule is Cc1cc(CO)cc(Oc2ccc(Br)cc2C)n1. The first kappa shape index (κ1) is 13.1. The average Bonchev–Trinajstić information content (AvgIpc) is 2.32. The highest BCUT2D eigenvalue weighted by molar-refractivity contribution is 9.10. The predicted octanol–water partition coefficient (Wildman–Crippen LogP) is 3.75. The van der Waals surface area contributed by atoms with Gasteiger partial charge in [0.2, 0.25) is 5.88 Å². The van der Waals surface area contributed by atoms with E-state index >= 15 is 0 Å². The summed E-state index contributed by atoms with van der Waals surface area (Å²) in [6.45, 7) is 3.84. The lowest BCUT2D eigenvalue weighted by Gasteiger charge is -2.09. The van der Waals surface area contributed by atoms with Gasteiger partial charge >= 0.3 is 0 Å². The molecule has 4 heteroatoms. The van der Waals surface area contributed by atoms with Gasteiger partial charge in [-0.1, -0.05) is 15.9 Å². The second-order valence-corrected chi connectivity index (χ2v) is 5.04. The van der Waals surface area contributed by atoms with Crippen LogP contribution in [0.3, 0.4) is 0 Å². The molecule has 1 heterocycles. The molecule has 3 nitrogen and oxygen atoms in total. The second-order valence-electron chi connectivity index (χ2n) is 4.13. The summed E-state index contributed by atoms with van der Waals surface area (Å²) in [5.74, 6) is 1.27. The van der Waals surface area contributed by atoms with Crippen molar-refractivity contribution in [2.75, 3.05) is 0 Å². The van der Waals surface area contributed by atoms with Gasteiger partial charge in [0.15, 0.2) is 0 Å². The molecular weight excluding hydrogens is 294 g/mol. The summed E-state index contributed by atoms with van der Waals surface area (Å²) in [4.78, 5) is 4.30. The molecule has 0 bridgehead atoms. The third-order valence-electron chi connectivity index (χ3n) is 2.52. The normalized spacial score (nSPS) is 10.4. The summed E-state index contributed by atoms with van der Waals surface area (Å²) in [7, 11) is 0. The second kappa shape index (κ2) is 5.50. The highest BCUT2D eigenvalue weighted by atomic mass is 79.9. The van der Waals surface area contributed by atoms with Crippen molar-refractivity contribution in [3.63, 3.8) is 0 Å². The van der Waals surface area contributed by atoms with Crippen LogP contribution in [0.1, 0.15) is 16.8 Å². The van der Waals surface area contributed by atoms with Crippen LogP contribution in [-0.2, 0) is 6.61 Å². The zero-order valence-electron chi connectivity index (χ0n) is 10.3. The highest BCUT2D eigenvalue weighted by Gasteiger charge is 2.05. The van der Waals surface area contributed by atoms with Crippen molar-refractivity contribution in [1.82, 2.24) is 4.98 Å². The maximum atomic E-state index is 9.15. The molecule has 18 heavy (non-hydrogen) atoms. The number of rotatable bonds is 3. The summed E-state index contributed by atoms with van der Waals surface area (Å²) < 4.78 is 6.76. The fourth-order valence-electron chi connectivity index (χ4n) is 1.69. The van der Waals surface area contributed by atoms with Crippen molar-refractivity contribution in [3.05, 3.63) is 51.6 Å². The first-order valence-electron chi connectivity index (χ1n) is 5.61. The Morgan fingerprint density at radius 3 is 2.67 bits per heavy atom. The van der Waals surface area contributed by atoms with Gasteiger partial charge in [-0.25, -0.2) is 4.98 Å². The number of aryl methyl sites for hydroxylation is 2. The van der Waals surface area contributed by atoms with Crippen molar-refractivity contribution < 1.29 is 9.84 Å². The summed E-state index contributed by atoms with van der Waals surface area (Å²) in [5.41, 5.74) is 2.65. The molecular formula is C14H14BrNO2. The minimum Gasteiger partial charge on any atom is -0.439 e. The number of aromatic nitrogens is 1. The molecule has 0 radical (unpaired) electrons. The molecule has 94 valence electrons. The lowest BCUT2D eigenvalue weighted by Crippen LogP contribution is -1.95. The van der Waals surface area contributed by atoms with Crippen LogP contribution in [0, 0.1) is 13.8 Å². The molecule has 0 aliphatic rings. The molecule has 2 rings (SSSR count). The van der Waals surface area contributed by atoms with Crippen molar-refractivity contribution in [1.29, 1.82) is 0 Å². The van der Waals surface area contributed by atoms with Crippen LogP contribution in [0.2, 0.25) is 0 Å². The Morgan fingerprint density at radius 2 is 2.00 bits per heavy atom. The zero-order chi connectivity index (χ0) is 13.1. The number of ether oxygens (including phenoxy) is 1. The van der Waals surface area contributed by atoms with Gasteiger partial charge in [0.05, 0.1) is 6.61 Å². The lowest BCUT2D eigenvalue weighted by molar-refractivity contribution is 0.281. The van der Waals surface area contributed by atoms with E-state index in [0.717, 1.165) is 27.0 Å². The van der Waals surface area contributed by atoms with Crippen LogP contribution in [0.4, 0.5) is 0 Å². The number of benzene rings is 1. The minimum absolute atomic E-state index is 0.0148. The maximum Gasteiger partial charge on any atom is 0.219 e. The molecule has 1 aromatic heterocycles. The van der Waals surface area contributed by atoms with Gasteiger partial charge in [0.1, 0.15) is 5.75 Å². The first-order chi connectivity index (χ1) is 8.58. The lowest BCUT2D eigenvalue weighted by atomic mass is 10.2. The van der Waals surface area contributed by atoms with Gasteiger partial charge in [-0.05, 0) is 49.2 Å². The largest absolute Gasteiger partial charge is 0.439 e. The van der Waals surface area contributed by atoms with E-state index in [4.69, 9.17) is 9.84 Å². The molecule has 1 N–H and O–H groups in total. The van der Waals surface area contributed by atoms with Crippen molar-refractivity contribution >= 4 is 15.9 Å². The van der Waals surface area contributed by atoms with Crippen LogP contribution in [-0.4, -0.2) is 10.1 Å². The fraction of sp³-hybridized carbons (Fsp3) is 0.214. The van der Waals surface area contributed by atoms with Gasteiger partial charge in [0, 0.05) is 16.2 Å². The van der Waals surface area contributed by atoms with Crippen LogP contribution in [0.15, 0.2) is 34.8 Å².